The van der Waals surface area contributed by atoms with E-state index < -0.39 is 15.8 Å². The van der Waals surface area contributed by atoms with Gasteiger partial charge in [-0.3, -0.25) is 0 Å². The Morgan fingerprint density at radius 1 is 1.14 bits per heavy atom. The van der Waals surface area contributed by atoms with E-state index in [4.69, 9.17) is 0 Å². The summed E-state index contributed by atoms with van der Waals surface area (Å²) < 4.78 is 40.5. The molecule has 0 aliphatic rings. The molecule has 6 heteroatoms. The second-order valence-corrected chi connectivity index (χ2v) is 6.74. The van der Waals surface area contributed by atoms with Gasteiger partial charge in [0.05, 0.1) is 0 Å². The largest absolute Gasteiger partial charge is 0.313 e. The molecule has 4 nitrogen and oxygen atoms in total. The minimum absolute atomic E-state index is 0.270. The average Bonchev–Trinajstić information content (AvgIpc) is 2.46. The number of benzene rings is 1. The van der Waals surface area contributed by atoms with Crippen molar-refractivity contribution in [1.29, 1.82) is 0 Å². The molecule has 0 heterocycles. The van der Waals surface area contributed by atoms with E-state index >= 15 is 0 Å². The quantitative estimate of drug-likeness (QED) is 0.653. The van der Waals surface area contributed by atoms with E-state index in [1.807, 2.05) is 6.92 Å². The zero-order valence-corrected chi connectivity index (χ0v) is 13.6. The highest BCUT2D eigenvalue weighted by molar-refractivity contribution is 7.89. The fourth-order valence-corrected chi connectivity index (χ4v) is 3.17. The molecule has 1 aromatic rings. The molecule has 0 saturated heterocycles. The number of hydrogen-bond donors (Lipinski definition) is 2. The van der Waals surface area contributed by atoms with E-state index in [2.05, 4.69) is 17.0 Å². The first-order valence-electron chi connectivity index (χ1n) is 7.50. The van der Waals surface area contributed by atoms with E-state index in [1.54, 1.807) is 6.07 Å². The highest BCUT2D eigenvalue weighted by atomic mass is 32.2. The van der Waals surface area contributed by atoms with E-state index in [0.717, 1.165) is 37.8 Å². The number of sulfonamides is 1. The third-order valence-corrected chi connectivity index (χ3v) is 4.66. The molecule has 2 N–H and O–H groups in total. The topological polar surface area (TPSA) is 58.2 Å². The molecule has 0 aromatic heterocycles. The molecule has 0 spiro atoms. The second-order valence-electron chi connectivity index (χ2n) is 5.00. The van der Waals surface area contributed by atoms with E-state index in [9.17, 15) is 12.8 Å². The Hall–Kier alpha value is -0.980. The molecule has 0 aliphatic carbocycles. The van der Waals surface area contributed by atoms with Gasteiger partial charge in [0.25, 0.3) is 0 Å². The molecule has 1 aromatic carbocycles. The van der Waals surface area contributed by atoms with Gasteiger partial charge in [0.1, 0.15) is 10.7 Å². The molecule has 1 rings (SSSR count). The van der Waals surface area contributed by atoms with Crippen LogP contribution in [0.5, 0.6) is 0 Å². The van der Waals surface area contributed by atoms with Gasteiger partial charge in [-0.2, -0.15) is 0 Å². The van der Waals surface area contributed by atoms with Crippen LogP contribution < -0.4 is 10.0 Å². The SMILES string of the molecule is CCCCCCNS(=O)(=O)c1cc(CNCC)ccc1F. The maximum atomic E-state index is 13.8. The summed E-state index contributed by atoms with van der Waals surface area (Å²) in [6.45, 7) is 5.69. The standard InChI is InChI=1S/C15H25FN2O2S/c1-3-5-6-7-10-18-21(19,20)15-11-13(12-17-4-2)8-9-14(15)16/h8-9,11,17-18H,3-7,10,12H2,1-2H3. The van der Waals surface area contributed by atoms with Crippen LogP contribution in [-0.2, 0) is 16.6 Å². The first kappa shape index (κ1) is 18.1. The van der Waals surface area contributed by atoms with Gasteiger partial charge >= 0.3 is 0 Å². The summed E-state index contributed by atoms with van der Waals surface area (Å²) in [5.74, 6) is -0.712. The van der Waals surface area contributed by atoms with E-state index in [-0.39, 0.29) is 4.90 Å². The van der Waals surface area contributed by atoms with Crippen LogP contribution in [0.4, 0.5) is 4.39 Å². The molecule has 0 amide bonds. The number of rotatable bonds is 10. The van der Waals surface area contributed by atoms with Gasteiger partial charge in [-0.15, -0.1) is 0 Å². The summed E-state index contributed by atoms with van der Waals surface area (Å²) in [5, 5.41) is 3.09. The van der Waals surface area contributed by atoms with Gasteiger partial charge in [0.15, 0.2) is 0 Å². The predicted molar refractivity (Wildman–Crippen MR) is 83.1 cm³/mol. The van der Waals surface area contributed by atoms with Crippen LogP contribution in [0.3, 0.4) is 0 Å². The minimum atomic E-state index is -3.78. The van der Waals surface area contributed by atoms with Crippen LogP contribution in [0.15, 0.2) is 23.1 Å². The van der Waals surface area contributed by atoms with Crippen molar-refractivity contribution in [1.82, 2.24) is 10.0 Å². The van der Waals surface area contributed by atoms with Crippen LogP contribution in [0, 0.1) is 5.82 Å². The van der Waals surface area contributed by atoms with Crippen molar-refractivity contribution >= 4 is 10.0 Å². The number of halogens is 1. The second kappa shape index (κ2) is 9.12. The van der Waals surface area contributed by atoms with Crippen LogP contribution in [0.2, 0.25) is 0 Å². The zero-order chi connectivity index (χ0) is 15.7. The van der Waals surface area contributed by atoms with Crippen molar-refractivity contribution in [3.8, 4) is 0 Å². The molecule has 0 saturated carbocycles. The Kier molecular flexibility index (Phi) is 7.85. The van der Waals surface area contributed by atoms with Gasteiger partial charge in [-0.1, -0.05) is 39.2 Å². The summed E-state index contributed by atoms with van der Waals surface area (Å²) in [4.78, 5) is -0.270. The van der Waals surface area contributed by atoms with Crippen LogP contribution in [0.25, 0.3) is 0 Å². The lowest BCUT2D eigenvalue weighted by atomic mass is 10.2. The Morgan fingerprint density at radius 3 is 2.57 bits per heavy atom. The highest BCUT2D eigenvalue weighted by Crippen LogP contribution is 2.16. The third kappa shape index (κ3) is 6.11. The molecule has 0 fully saturated rings. The van der Waals surface area contributed by atoms with Gasteiger partial charge in [-0.25, -0.2) is 17.5 Å². The Bertz CT molecular complexity index is 532. The lowest BCUT2D eigenvalue weighted by Crippen LogP contribution is -2.26. The van der Waals surface area contributed by atoms with Crippen molar-refractivity contribution in [3.63, 3.8) is 0 Å². The van der Waals surface area contributed by atoms with E-state index in [1.165, 1.54) is 12.1 Å². The van der Waals surface area contributed by atoms with Gasteiger partial charge in [0, 0.05) is 13.1 Å². The molecule has 120 valence electrons. The predicted octanol–water partition coefficient (Wildman–Crippen LogP) is 2.79. The lowest BCUT2D eigenvalue weighted by Gasteiger charge is -2.10. The smallest absolute Gasteiger partial charge is 0.243 e. The van der Waals surface area contributed by atoms with Crippen molar-refractivity contribution in [3.05, 3.63) is 29.6 Å². The van der Waals surface area contributed by atoms with Crippen LogP contribution in [-0.4, -0.2) is 21.5 Å². The normalized spacial score (nSPS) is 11.8. The molecule has 0 aliphatic heterocycles. The molecule has 0 radical (unpaired) electrons. The third-order valence-electron chi connectivity index (χ3n) is 3.19. The zero-order valence-electron chi connectivity index (χ0n) is 12.8. The molecular weight excluding hydrogens is 291 g/mol. The maximum absolute atomic E-state index is 13.8. The Balaban J connectivity index is 2.72. The minimum Gasteiger partial charge on any atom is -0.313 e. The summed E-state index contributed by atoms with van der Waals surface area (Å²) in [7, 11) is -3.78. The molecular formula is C15H25FN2O2S. The number of unbranched alkanes of at least 4 members (excludes halogenated alkanes) is 3. The summed E-state index contributed by atoms with van der Waals surface area (Å²) in [6, 6.07) is 4.20. The van der Waals surface area contributed by atoms with Crippen molar-refractivity contribution in [2.75, 3.05) is 13.1 Å². The van der Waals surface area contributed by atoms with Gasteiger partial charge in [-0.05, 0) is 30.7 Å². The number of hydrogen-bond acceptors (Lipinski definition) is 3. The first-order valence-corrected chi connectivity index (χ1v) is 8.98. The van der Waals surface area contributed by atoms with Gasteiger partial charge < -0.3 is 5.32 Å². The first-order chi connectivity index (χ1) is 10.0. The van der Waals surface area contributed by atoms with Crippen LogP contribution in [0.1, 0.15) is 45.1 Å². The fourth-order valence-electron chi connectivity index (χ4n) is 1.97. The number of nitrogens with one attached hydrogen (secondary N) is 2. The molecule has 0 atom stereocenters. The Morgan fingerprint density at radius 2 is 1.90 bits per heavy atom. The summed E-state index contributed by atoms with van der Waals surface area (Å²) in [5.41, 5.74) is 0.754. The molecule has 0 unspecified atom stereocenters. The van der Waals surface area contributed by atoms with Crippen molar-refractivity contribution in [2.24, 2.45) is 0 Å². The van der Waals surface area contributed by atoms with Crippen LogP contribution >= 0.6 is 0 Å². The fraction of sp³-hybridized carbons (Fsp3) is 0.600. The monoisotopic (exact) mass is 316 g/mol. The average molecular weight is 316 g/mol. The Labute approximate surface area is 127 Å². The van der Waals surface area contributed by atoms with Gasteiger partial charge in [0.2, 0.25) is 10.0 Å². The maximum Gasteiger partial charge on any atom is 0.243 e. The highest BCUT2D eigenvalue weighted by Gasteiger charge is 2.18. The van der Waals surface area contributed by atoms with Crippen molar-refractivity contribution < 1.29 is 12.8 Å². The summed E-state index contributed by atoms with van der Waals surface area (Å²) in [6.07, 6.45) is 3.91. The molecule has 21 heavy (non-hydrogen) atoms. The lowest BCUT2D eigenvalue weighted by molar-refractivity contribution is 0.551. The van der Waals surface area contributed by atoms with Crippen molar-refractivity contribution in [2.45, 2.75) is 51.0 Å². The summed E-state index contributed by atoms with van der Waals surface area (Å²) >= 11 is 0. The molecule has 0 bridgehead atoms. The van der Waals surface area contributed by atoms with E-state index in [0.29, 0.717) is 13.1 Å².